The largest absolute Gasteiger partial charge is 1.00 e. The smallest absolute Gasteiger partial charge is 0.548 e. The zero-order valence-corrected chi connectivity index (χ0v) is 37.1. The van der Waals surface area contributed by atoms with Gasteiger partial charge in [0, 0.05) is 43.9 Å². The Morgan fingerprint density at radius 3 is 2.31 bits per heavy atom. The topological polar surface area (TPSA) is 325 Å². The molecule has 1 aromatic carbocycles. The molecule has 3 fully saturated rings. The predicted octanol–water partition coefficient (Wildman–Crippen LogP) is -11.7. The average Bonchev–Trinajstić information content (AvgIpc) is 3.16. The number of rotatable bonds is 13. The molecule has 5 rings (SSSR count). The Morgan fingerprint density at radius 2 is 1.69 bits per heavy atom. The Hall–Kier alpha value is -3.92. The van der Waals surface area contributed by atoms with Gasteiger partial charge in [-0.1, -0.05) is 12.1 Å². The summed E-state index contributed by atoms with van der Waals surface area (Å²) in [6.45, 7) is 1.04. The van der Waals surface area contributed by atoms with Gasteiger partial charge in [0.25, 0.3) is 5.91 Å². The number of anilines is 1. The second-order valence-corrected chi connectivity index (χ2v) is 14.5. The molecule has 300 valence electrons. The van der Waals surface area contributed by atoms with Gasteiger partial charge in [-0.05, 0) is 30.2 Å². The summed E-state index contributed by atoms with van der Waals surface area (Å²) < 4.78 is 4.74. The number of benzene rings is 1. The SMILES string of the molecule is CCN1CCN(C(=O)N[C@@H](C(=O)N[C@@H]2C(=O)N3C(C(=O)[O-])=C(CSC4NC(=O)C(=O)NN4C)CS[C@@H]23)c2ccc(NC(=O)OC[C@@H](N)C(=O)[O-])cc2)C(=O)C1=O.[Na+].[Na+]. The first-order valence-corrected chi connectivity index (χ1v) is 18.7. The molecule has 23 nitrogen and oxygen atoms in total. The number of hydrazine groups is 1. The van der Waals surface area contributed by atoms with Crippen molar-refractivity contribution in [2.75, 3.05) is 50.1 Å². The van der Waals surface area contributed by atoms with Crippen LogP contribution in [0.15, 0.2) is 35.5 Å². The average molecular weight is 865 g/mol. The molecule has 1 aromatic rings. The van der Waals surface area contributed by atoms with Crippen molar-refractivity contribution in [3.8, 4) is 0 Å². The van der Waals surface area contributed by atoms with Crippen LogP contribution in [0.3, 0.4) is 0 Å². The minimum absolute atomic E-state index is 0. The first-order valence-electron chi connectivity index (χ1n) is 16.6. The number of fused-ring (bicyclic) bond motifs is 1. The third-order valence-electron chi connectivity index (χ3n) is 8.70. The van der Waals surface area contributed by atoms with E-state index in [1.165, 1.54) is 41.2 Å². The fourth-order valence-corrected chi connectivity index (χ4v) is 8.25. The monoisotopic (exact) mass is 864 g/mol. The maximum absolute atomic E-state index is 13.9. The standard InChI is InChI=1S/C31H36N10O13S2.2Na/c1-3-39-8-9-40(25(47)24(39)46)29(52)35-17(13-4-6-15(7-5-13)33-31(53)54-10-16(32)27(48)49)20(42)34-18-23(45)41-19(28(50)51)14(11-55-26(18)41)12-56-30-36-21(43)22(44)37-38(30)2;;/h4-7,16-18,26,30H,3,8-12,32H2,1-2H3,(H,33,53)(H,34,42)(H,35,52)(H,36,43)(H,37,44)(H,48,49)(H,50,51);;/q;2*+1/p-2/t16-,17-,18-,26+,30?;;/m1../s1. The van der Waals surface area contributed by atoms with Crippen LogP contribution in [0.5, 0.6) is 0 Å². The molecule has 0 aliphatic carbocycles. The van der Waals surface area contributed by atoms with Gasteiger partial charge < -0.3 is 51.1 Å². The number of piperazine rings is 1. The second kappa shape index (κ2) is 20.9. The molecular formula is C31H34N10Na2O13S2. The number of nitrogens with one attached hydrogen (secondary N) is 5. The number of thioether (sulfide) groups is 2. The van der Waals surface area contributed by atoms with Crippen LogP contribution >= 0.6 is 23.5 Å². The zero-order chi connectivity index (χ0) is 41.0. The number of ether oxygens (including phenoxy) is 1. The van der Waals surface area contributed by atoms with Crippen molar-refractivity contribution in [3.05, 3.63) is 41.1 Å². The molecule has 0 bridgehead atoms. The van der Waals surface area contributed by atoms with Gasteiger partial charge >= 0.3 is 94.9 Å². The summed E-state index contributed by atoms with van der Waals surface area (Å²) in [4.78, 5) is 127. The molecule has 0 radical (unpaired) electrons. The van der Waals surface area contributed by atoms with E-state index in [-0.39, 0.29) is 107 Å². The van der Waals surface area contributed by atoms with Crippen molar-refractivity contribution < 1.29 is 122 Å². The van der Waals surface area contributed by atoms with Gasteiger partial charge in [-0.3, -0.25) is 49.3 Å². The Morgan fingerprint density at radius 1 is 1.02 bits per heavy atom. The third kappa shape index (κ3) is 10.8. The molecule has 4 aliphatic rings. The number of likely N-dealkylation sites (N-methyl/N-ethyl adjacent to an activating group) is 1. The van der Waals surface area contributed by atoms with E-state index in [0.717, 1.165) is 28.4 Å². The Labute approximate surface area is 381 Å². The van der Waals surface area contributed by atoms with Crippen molar-refractivity contribution in [1.82, 2.24) is 41.1 Å². The number of carboxylic acids is 2. The molecule has 7 N–H and O–H groups in total. The van der Waals surface area contributed by atoms with Crippen LogP contribution in [-0.2, 0) is 43.1 Å². The van der Waals surface area contributed by atoms with Crippen molar-refractivity contribution >= 4 is 88.7 Å². The van der Waals surface area contributed by atoms with E-state index in [9.17, 15) is 58.2 Å². The predicted molar refractivity (Wildman–Crippen MR) is 187 cm³/mol. The van der Waals surface area contributed by atoms with Gasteiger partial charge in [-0.15, -0.1) is 23.5 Å². The number of amides is 9. The maximum atomic E-state index is 13.9. The number of urea groups is 1. The molecule has 0 aromatic heterocycles. The molecule has 4 aliphatic heterocycles. The molecule has 3 saturated heterocycles. The molecule has 0 saturated carbocycles. The van der Waals surface area contributed by atoms with Crippen molar-refractivity contribution in [2.24, 2.45) is 5.73 Å². The first-order chi connectivity index (χ1) is 26.5. The molecule has 1 unspecified atom stereocenters. The first kappa shape index (κ1) is 48.4. The molecule has 0 spiro atoms. The van der Waals surface area contributed by atoms with Gasteiger partial charge in [0.05, 0.1) is 23.7 Å². The fraction of sp³-hybridized carbons (Fsp3) is 0.419. The van der Waals surface area contributed by atoms with E-state index in [2.05, 4.69) is 26.7 Å². The minimum atomic E-state index is -1.66. The van der Waals surface area contributed by atoms with Crippen molar-refractivity contribution in [3.63, 3.8) is 0 Å². The van der Waals surface area contributed by atoms with Crippen molar-refractivity contribution in [2.45, 2.75) is 35.9 Å². The number of imide groups is 1. The van der Waals surface area contributed by atoms with Crippen LogP contribution in [0.4, 0.5) is 15.3 Å². The van der Waals surface area contributed by atoms with E-state index in [1.54, 1.807) is 6.92 Å². The number of carboxylic acid groups (broad SMARTS) is 2. The van der Waals surface area contributed by atoms with Gasteiger partial charge in [-0.2, -0.15) is 5.01 Å². The molecule has 27 heteroatoms. The van der Waals surface area contributed by atoms with Gasteiger partial charge in [0.15, 0.2) is 0 Å². The van der Waals surface area contributed by atoms with Crippen LogP contribution in [-0.4, -0.2) is 147 Å². The summed E-state index contributed by atoms with van der Waals surface area (Å²) in [5.74, 6) is -8.81. The van der Waals surface area contributed by atoms with Crippen molar-refractivity contribution in [1.29, 1.82) is 0 Å². The third-order valence-corrected chi connectivity index (χ3v) is 11.3. The summed E-state index contributed by atoms with van der Waals surface area (Å²) in [6.07, 6.45) is -1.07. The molecular weight excluding hydrogens is 831 g/mol. The second-order valence-electron chi connectivity index (χ2n) is 12.3. The quantitative estimate of drug-likeness (QED) is 0.0609. The van der Waals surface area contributed by atoms with Crippen LogP contribution in [0.2, 0.25) is 0 Å². The number of nitrogens with two attached hydrogens (primary N) is 1. The number of carbonyl (C=O) groups is 10. The molecule has 58 heavy (non-hydrogen) atoms. The Balaban J connectivity index is 0.00000450. The number of β-lactam (4-membered cyclic amide) rings is 1. The van der Waals surface area contributed by atoms with E-state index >= 15 is 0 Å². The summed E-state index contributed by atoms with van der Waals surface area (Å²) in [5.41, 5.74) is 6.88. The maximum Gasteiger partial charge on any atom is 1.00 e. The van der Waals surface area contributed by atoms with Crippen LogP contribution in [0.25, 0.3) is 0 Å². The fourth-order valence-electron chi connectivity index (χ4n) is 5.71. The minimum Gasteiger partial charge on any atom is -0.548 e. The normalized spacial score (nSPS) is 21.5. The van der Waals surface area contributed by atoms with Gasteiger partial charge in [0.2, 0.25) is 5.91 Å². The van der Waals surface area contributed by atoms with E-state index < -0.39 is 101 Å². The summed E-state index contributed by atoms with van der Waals surface area (Å²) >= 11 is 2.19. The van der Waals surface area contributed by atoms with Crippen LogP contribution in [0, 0.1) is 0 Å². The molecule has 5 atom stereocenters. The number of hydrogen-bond donors (Lipinski definition) is 6. The summed E-state index contributed by atoms with van der Waals surface area (Å²) in [5, 5.41) is 33.2. The number of nitrogens with zero attached hydrogens (tertiary/aromatic N) is 4. The van der Waals surface area contributed by atoms with Gasteiger partial charge in [-0.25, -0.2) is 9.59 Å². The van der Waals surface area contributed by atoms with E-state index in [0.29, 0.717) is 4.90 Å². The summed E-state index contributed by atoms with van der Waals surface area (Å²) in [6, 6.07) is -0.376. The van der Waals surface area contributed by atoms with Crippen LogP contribution < -0.4 is 102 Å². The Kier molecular flexibility index (Phi) is 17.4. The number of carbonyl (C=O) groups excluding carboxylic acids is 10. The Bertz CT molecular complexity index is 1910. The van der Waals surface area contributed by atoms with Gasteiger partial charge in [0.1, 0.15) is 29.6 Å². The van der Waals surface area contributed by atoms with E-state index in [1.807, 2.05) is 0 Å². The molecule has 4 heterocycles. The molecule has 9 amide bonds. The zero-order valence-electron chi connectivity index (χ0n) is 31.4. The van der Waals surface area contributed by atoms with Crippen LogP contribution in [0.1, 0.15) is 18.5 Å². The summed E-state index contributed by atoms with van der Waals surface area (Å²) in [7, 11) is 1.49. The van der Waals surface area contributed by atoms with E-state index in [4.69, 9.17) is 10.5 Å². The number of hydrogen-bond acceptors (Lipinski definition) is 17. The number of aliphatic carboxylic acids is 2.